The van der Waals surface area contributed by atoms with Gasteiger partial charge in [-0.05, 0) is 43.7 Å². The summed E-state index contributed by atoms with van der Waals surface area (Å²) in [6.45, 7) is 4.97. The summed E-state index contributed by atoms with van der Waals surface area (Å²) in [5, 5.41) is 0. The van der Waals surface area contributed by atoms with E-state index in [0.29, 0.717) is 30.5 Å². The van der Waals surface area contributed by atoms with E-state index < -0.39 is 0 Å². The van der Waals surface area contributed by atoms with Crippen LogP contribution < -0.4 is 4.74 Å². The van der Waals surface area contributed by atoms with Crippen LogP contribution in [-0.2, 0) is 17.8 Å². The smallest absolute Gasteiger partial charge is 0.228 e. The molecule has 0 unspecified atom stereocenters. The molecule has 0 aliphatic carbocycles. The number of ether oxygens (including phenoxy) is 1. The molecule has 0 atom stereocenters. The fraction of sp³-hybridized carbons (Fsp3) is 0.273. The molecule has 0 aliphatic rings. The number of carbonyl (C=O) groups excluding carboxylic acids is 1. The van der Waals surface area contributed by atoms with Crippen LogP contribution in [0.2, 0.25) is 0 Å². The fourth-order valence-electron chi connectivity index (χ4n) is 2.79. The number of hydrogen-bond donors (Lipinski definition) is 0. The third-order valence-electron chi connectivity index (χ3n) is 4.31. The number of aromatic nitrogens is 1. The number of benzene rings is 2. The summed E-state index contributed by atoms with van der Waals surface area (Å²) in [5.74, 6) is 2.06. The molecule has 0 spiro atoms. The van der Waals surface area contributed by atoms with Crippen molar-refractivity contribution in [2.75, 3.05) is 13.7 Å². The van der Waals surface area contributed by atoms with Crippen LogP contribution in [-0.4, -0.2) is 29.4 Å². The largest absolute Gasteiger partial charge is 0.494 e. The zero-order valence-electron chi connectivity index (χ0n) is 15.9. The Bertz CT molecular complexity index is 886. The van der Waals surface area contributed by atoms with Crippen LogP contribution in [0.1, 0.15) is 23.9 Å². The number of aryl methyl sites for hydroxylation is 1. The summed E-state index contributed by atoms with van der Waals surface area (Å²) in [6.07, 6.45) is 0.218. The summed E-state index contributed by atoms with van der Waals surface area (Å²) < 4.78 is 11.2. The standard InChI is InChI=1S/C22H24N2O3/c1-4-26-19-12-10-17(11-13-19)15-24(3)21(25)14-20-16(2)27-22(23-20)18-8-6-5-7-9-18/h5-13H,4,14-15H2,1-3H3. The van der Waals surface area contributed by atoms with Crippen molar-refractivity contribution in [1.29, 1.82) is 0 Å². The normalized spacial score (nSPS) is 10.6. The SMILES string of the molecule is CCOc1ccc(CN(C)C(=O)Cc2nc(-c3ccccc3)oc2C)cc1. The van der Waals surface area contributed by atoms with Gasteiger partial charge in [0.1, 0.15) is 11.5 Å². The Labute approximate surface area is 159 Å². The molecular weight excluding hydrogens is 340 g/mol. The molecule has 2 aromatic carbocycles. The maximum atomic E-state index is 12.6. The van der Waals surface area contributed by atoms with Gasteiger partial charge in [0, 0.05) is 19.2 Å². The van der Waals surface area contributed by atoms with Crippen molar-refractivity contribution in [3.05, 3.63) is 71.6 Å². The van der Waals surface area contributed by atoms with Gasteiger partial charge >= 0.3 is 0 Å². The molecule has 1 amide bonds. The Kier molecular flexibility index (Phi) is 5.91. The molecule has 5 nitrogen and oxygen atoms in total. The van der Waals surface area contributed by atoms with E-state index in [2.05, 4.69) is 4.98 Å². The van der Waals surface area contributed by atoms with Crippen molar-refractivity contribution in [2.24, 2.45) is 0 Å². The minimum Gasteiger partial charge on any atom is -0.494 e. The van der Waals surface area contributed by atoms with E-state index in [9.17, 15) is 4.79 Å². The maximum absolute atomic E-state index is 12.6. The van der Waals surface area contributed by atoms with Gasteiger partial charge in [-0.3, -0.25) is 4.79 Å². The van der Waals surface area contributed by atoms with Crippen molar-refractivity contribution in [3.8, 4) is 17.2 Å². The van der Waals surface area contributed by atoms with Crippen molar-refractivity contribution in [3.63, 3.8) is 0 Å². The molecule has 27 heavy (non-hydrogen) atoms. The second-order valence-electron chi connectivity index (χ2n) is 6.39. The number of carbonyl (C=O) groups is 1. The van der Waals surface area contributed by atoms with Gasteiger partial charge in [-0.1, -0.05) is 30.3 Å². The maximum Gasteiger partial charge on any atom is 0.228 e. The molecule has 5 heteroatoms. The summed E-state index contributed by atoms with van der Waals surface area (Å²) in [7, 11) is 1.80. The average molecular weight is 364 g/mol. The first-order chi connectivity index (χ1) is 13.1. The van der Waals surface area contributed by atoms with Gasteiger partial charge < -0.3 is 14.1 Å². The highest BCUT2D eigenvalue weighted by Gasteiger charge is 2.17. The van der Waals surface area contributed by atoms with Gasteiger partial charge in [-0.2, -0.15) is 0 Å². The summed E-state index contributed by atoms with van der Waals surface area (Å²) >= 11 is 0. The van der Waals surface area contributed by atoms with Gasteiger partial charge in [0.05, 0.1) is 18.7 Å². The summed E-state index contributed by atoms with van der Waals surface area (Å²) in [5.41, 5.74) is 2.63. The predicted molar refractivity (Wildman–Crippen MR) is 104 cm³/mol. The minimum absolute atomic E-state index is 0.0000959. The van der Waals surface area contributed by atoms with Gasteiger partial charge in [0.25, 0.3) is 0 Å². The lowest BCUT2D eigenvalue weighted by atomic mass is 10.2. The summed E-state index contributed by atoms with van der Waals surface area (Å²) in [6, 6.07) is 17.5. The first-order valence-electron chi connectivity index (χ1n) is 9.04. The lowest BCUT2D eigenvalue weighted by Gasteiger charge is -2.17. The average Bonchev–Trinajstić information content (AvgIpc) is 3.04. The molecule has 1 aromatic heterocycles. The number of nitrogens with zero attached hydrogens (tertiary/aromatic N) is 2. The molecule has 0 fully saturated rings. The monoisotopic (exact) mass is 364 g/mol. The first-order valence-corrected chi connectivity index (χ1v) is 9.04. The molecule has 3 rings (SSSR count). The molecule has 1 heterocycles. The Morgan fingerprint density at radius 1 is 1.11 bits per heavy atom. The van der Waals surface area contributed by atoms with Crippen LogP contribution in [0.4, 0.5) is 0 Å². The third-order valence-corrected chi connectivity index (χ3v) is 4.31. The van der Waals surface area contributed by atoms with E-state index in [4.69, 9.17) is 9.15 Å². The lowest BCUT2D eigenvalue weighted by molar-refractivity contribution is -0.129. The van der Waals surface area contributed by atoms with Gasteiger partial charge in [-0.25, -0.2) is 4.98 Å². The van der Waals surface area contributed by atoms with Crippen LogP contribution in [0.5, 0.6) is 5.75 Å². The quantitative estimate of drug-likeness (QED) is 0.629. The van der Waals surface area contributed by atoms with Crippen molar-refractivity contribution < 1.29 is 13.9 Å². The molecule has 0 radical (unpaired) electrons. The number of amides is 1. The Hall–Kier alpha value is -3.08. The lowest BCUT2D eigenvalue weighted by Crippen LogP contribution is -2.28. The predicted octanol–water partition coefficient (Wildman–Crippen LogP) is 4.25. The van der Waals surface area contributed by atoms with Crippen LogP contribution in [0.15, 0.2) is 59.0 Å². The van der Waals surface area contributed by atoms with E-state index in [0.717, 1.165) is 16.9 Å². The number of likely N-dealkylation sites (N-methyl/N-ethyl adjacent to an activating group) is 1. The molecule has 3 aromatic rings. The summed E-state index contributed by atoms with van der Waals surface area (Å²) in [4.78, 5) is 18.8. The van der Waals surface area contributed by atoms with Crippen molar-refractivity contribution in [2.45, 2.75) is 26.8 Å². The van der Waals surface area contributed by atoms with E-state index >= 15 is 0 Å². The van der Waals surface area contributed by atoms with Crippen molar-refractivity contribution in [1.82, 2.24) is 9.88 Å². The zero-order chi connectivity index (χ0) is 19.2. The van der Waals surface area contributed by atoms with Crippen LogP contribution in [0, 0.1) is 6.92 Å². The van der Waals surface area contributed by atoms with Gasteiger partial charge in [0.2, 0.25) is 11.8 Å². The van der Waals surface area contributed by atoms with E-state index in [-0.39, 0.29) is 12.3 Å². The zero-order valence-corrected chi connectivity index (χ0v) is 15.9. The van der Waals surface area contributed by atoms with Gasteiger partial charge in [-0.15, -0.1) is 0 Å². The van der Waals surface area contributed by atoms with Crippen LogP contribution >= 0.6 is 0 Å². The highest BCUT2D eigenvalue weighted by Crippen LogP contribution is 2.22. The van der Waals surface area contributed by atoms with E-state index in [1.165, 1.54) is 0 Å². The number of hydrogen-bond acceptors (Lipinski definition) is 4. The number of oxazole rings is 1. The second kappa shape index (κ2) is 8.54. The molecular formula is C22H24N2O3. The minimum atomic E-state index is -0.0000959. The highest BCUT2D eigenvalue weighted by molar-refractivity contribution is 5.78. The molecule has 0 saturated carbocycles. The Balaban J connectivity index is 1.63. The molecule has 140 valence electrons. The van der Waals surface area contributed by atoms with Crippen molar-refractivity contribution >= 4 is 5.91 Å². The third kappa shape index (κ3) is 4.76. The molecule has 0 aliphatic heterocycles. The molecule has 0 saturated heterocycles. The molecule has 0 bridgehead atoms. The van der Waals surface area contributed by atoms with Crippen LogP contribution in [0.3, 0.4) is 0 Å². The molecule has 0 N–H and O–H groups in total. The Morgan fingerprint density at radius 3 is 2.48 bits per heavy atom. The number of rotatable bonds is 7. The highest BCUT2D eigenvalue weighted by atomic mass is 16.5. The Morgan fingerprint density at radius 2 is 1.81 bits per heavy atom. The first kappa shape index (κ1) is 18.7. The van der Waals surface area contributed by atoms with E-state index in [1.807, 2.05) is 68.4 Å². The van der Waals surface area contributed by atoms with E-state index in [1.54, 1.807) is 11.9 Å². The van der Waals surface area contributed by atoms with Gasteiger partial charge in [0.15, 0.2) is 0 Å². The second-order valence-corrected chi connectivity index (χ2v) is 6.39. The van der Waals surface area contributed by atoms with Crippen LogP contribution in [0.25, 0.3) is 11.5 Å². The topological polar surface area (TPSA) is 55.6 Å². The fourth-order valence-corrected chi connectivity index (χ4v) is 2.79.